The first-order valence-electron chi connectivity index (χ1n) is 8.05. The van der Waals surface area contributed by atoms with Gasteiger partial charge in [-0.2, -0.15) is 0 Å². The average Bonchev–Trinajstić information content (AvgIpc) is 2.47. The minimum absolute atomic E-state index is 0.0542. The van der Waals surface area contributed by atoms with E-state index in [2.05, 4.69) is 5.32 Å². The van der Waals surface area contributed by atoms with E-state index in [0.717, 1.165) is 51.8 Å². The van der Waals surface area contributed by atoms with E-state index in [1.165, 1.54) is 0 Å². The fourth-order valence-electron chi connectivity index (χ4n) is 2.71. The molecule has 0 bridgehead atoms. The van der Waals surface area contributed by atoms with Crippen molar-refractivity contribution in [2.75, 3.05) is 40.0 Å². The number of hydrogen-bond donors (Lipinski definition) is 1. The van der Waals surface area contributed by atoms with Gasteiger partial charge in [0.2, 0.25) is 0 Å². The zero-order chi connectivity index (χ0) is 15.6. The Morgan fingerprint density at radius 2 is 1.81 bits per heavy atom. The normalized spacial score (nSPS) is 16.9. The average molecular weight is 301 g/mol. The third-order valence-electron chi connectivity index (χ3n) is 4.06. The van der Waals surface area contributed by atoms with Gasteiger partial charge in [0, 0.05) is 26.2 Å². The Morgan fingerprint density at radius 3 is 2.48 bits per heavy atom. The number of rotatable bonds is 10. The minimum Gasteiger partial charge on any atom is -0.458 e. The van der Waals surface area contributed by atoms with Crippen LogP contribution in [0.2, 0.25) is 0 Å². The molecule has 1 rings (SSSR count). The molecule has 1 saturated heterocycles. The maximum atomic E-state index is 11.9. The fraction of sp³-hybridized carbons (Fsp3) is 0.938. The van der Waals surface area contributed by atoms with Gasteiger partial charge < -0.3 is 19.5 Å². The molecule has 1 aliphatic rings. The van der Waals surface area contributed by atoms with Gasteiger partial charge in [-0.1, -0.05) is 0 Å². The second kappa shape index (κ2) is 10.1. The summed E-state index contributed by atoms with van der Waals surface area (Å²) in [5.41, 5.74) is -0.402. The highest BCUT2D eigenvalue weighted by atomic mass is 16.6. The molecule has 0 aromatic carbocycles. The number of carbonyl (C=O) groups is 1. The van der Waals surface area contributed by atoms with E-state index >= 15 is 0 Å². The molecule has 0 aliphatic carbocycles. The molecule has 5 heteroatoms. The highest BCUT2D eigenvalue weighted by Gasteiger charge is 2.33. The summed E-state index contributed by atoms with van der Waals surface area (Å²) >= 11 is 0. The molecular weight excluding hydrogens is 270 g/mol. The van der Waals surface area contributed by atoms with Crippen LogP contribution in [0, 0.1) is 5.92 Å². The molecule has 0 amide bonds. The lowest BCUT2D eigenvalue weighted by molar-refractivity contribution is -0.168. The van der Waals surface area contributed by atoms with E-state index in [9.17, 15) is 4.79 Å². The quantitative estimate of drug-likeness (QED) is 0.495. The van der Waals surface area contributed by atoms with Crippen LogP contribution < -0.4 is 5.32 Å². The number of esters is 1. The van der Waals surface area contributed by atoms with Crippen molar-refractivity contribution in [2.24, 2.45) is 5.92 Å². The molecule has 0 unspecified atom stereocenters. The van der Waals surface area contributed by atoms with Crippen molar-refractivity contribution >= 4 is 5.97 Å². The Bertz CT molecular complexity index is 288. The lowest BCUT2D eigenvalue weighted by atomic mass is 9.83. The van der Waals surface area contributed by atoms with Crippen molar-refractivity contribution < 1.29 is 19.0 Å². The molecule has 0 spiro atoms. The summed E-state index contributed by atoms with van der Waals surface area (Å²) in [6.07, 6.45) is 5.16. The van der Waals surface area contributed by atoms with Crippen LogP contribution in [0.4, 0.5) is 0 Å². The summed E-state index contributed by atoms with van der Waals surface area (Å²) in [5, 5.41) is 3.33. The summed E-state index contributed by atoms with van der Waals surface area (Å²) in [7, 11) is 1.70. The summed E-state index contributed by atoms with van der Waals surface area (Å²) in [4.78, 5) is 11.9. The summed E-state index contributed by atoms with van der Waals surface area (Å²) in [5.74, 6) is 0.173. The molecule has 1 aliphatic heterocycles. The first-order valence-corrected chi connectivity index (χ1v) is 8.05. The van der Waals surface area contributed by atoms with Gasteiger partial charge in [0.05, 0.1) is 0 Å². The minimum atomic E-state index is -0.402. The van der Waals surface area contributed by atoms with Gasteiger partial charge in [0.25, 0.3) is 0 Å². The second-order valence-corrected chi connectivity index (χ2v) is 6.21. The first kappa shape index (κ1) is 18.4. The molecule has 0 aromatic heterocycles. The van der Waals surface area contributed by atoms with Crippen LogP contribution in [0.5, 0.6) is 0 Å². The zero-order valence-corrected chi connectivity index (χ0v) is 13.8. The van der Waals surface area contributed by atoms with E-state index in [-0.39, 0.29) is 12.6 Å². The topological polar surface area (TPSA) is 56.8 Å². The van der Waals surface area contributed by atoms with Crippen molar-refractivity contribution in [2.45, 2.75) is 51.6 Å². The van der Waals surface area contributed by atoms with E-state index in [1.807, 2.05) is 13.8 Å². The number of ether oxygens (including phenoxy) is 3. The van der Waals surface area contributed by atoms with Crippen LogP contribution >= 0.6 is 0 Å². The standard InChI is InChI=1S/C16H31NO4/c1-16(2,14-7-9-17-10-8-14)21-15(18)13-20-12-6-4-5-11-19-3/h14,17H,4-13H2,1-3H3. The molecule has 0 aromatic rings. The smallest absolute Gasteiger partial charge is 0.332 e. The number of unbranched alkanes of at least 4 members (excludes halogenated alkanes) is 2. The van der Waals surface area contributed by atoms with Crippen LogP contribution in [-0.2, 0) is 19.0 Å². The van der Waals surface area contributed by atoms with Crippen molar-refractivity contribution in [3.05, 3.63) is 0 Å². The predicted molar refractivity (Wildman–Crippen MR) is 82.3 cm³/mol. The van der Waals surface area contributed by atoms with Crippen molar-refractivity contribution in [3.8, 4) is 0 Å². The molecule has 21 heavy (non-hydrogen) atoms. The van der Waals surface area contributed by atoms with Crippen LogP contribution in [0.3, 0.4) is 0 Å². The Hall–Kier alpha value is -0.650. The second-order valence-electron chi connectivity index (χ2n) is 6.21. The van der Waals surface area contributed by atoms with Gasteiger partial charge in [0.15, 0.2) is 0 Å². The summed E-state index contributed by atoms with van der Waals surface area (Å²) in [6, 6.07) is 0. The number of methoxy groups -OCH3 is 1. The zero-order valence-electron chi connectivity index (χ0n) is 13.8. The van der Waals surface area contributed by atoms with E-state index in [1.54, 1.807) is 7.11 Å². The lowest BCUT2D eigenvalue weighted by Crippen LogP contribution is -2.43. The molecule has 0 atom stereocenters. The van der Waals surface area contributed by atoms with Gasteiger partial charge in [-0.15, -0.1) is 0 Å². The molecule has 1 heterocycles. The highest BCUT2D eigenvalue weighted by molar-refractivity contribution is 5.71. The number of nitrogens with one attached hydrogen (secondary N) is 1. The molecule has 0 saturated carbocycles. The number of hydrogen-bond acceptors (Lipinski definition) is 5. The van der Waals surface area contributed by atoms with Crippen LogP contribution in [0.15, 0.2) is 0 Å². The Labute approximate surface area is 128 Å². The van der Waals surface area contributed by atoms with Crippen LogP contribution in [0.25, 0.3) is 0 Å². The molecule has 0 radical (unpaired) electrons. The number of piperidine rings is 1. The van der Waals surface area contributed by atoms with Gasteiger partial charge in [-0.3, -0.25) is 0 Å². The van der Waals surface area contributed by atoms with Crippen molar-refractivity contribution in [1.29, 1.82) is 0 Å². The van der Waals surface area contributed by atoms with Gasteiger partial charge in [0.1, 0.15) is 12.2 Å². The Balaban J connectivity index is 2.11. The monoisotopic (exact) mass is 301 g/mol. The van der Waals surface area contributed by atoms with Crippen LogP contribution in [-0.4, -0.2) is 51.6 Å². The molecular formula is C16H31NO4. The molecule has 124 valence electrons. The van der Waals surface area contributed by atoms with Crippen LogP contribution in [0.1, 0.15) is 46.0 Å². The van der Waals surface area contributed by atoms with E-state index in [4.69, 9.17) is 14.2 Å². The van der Waals surface area contributed by atoms with Gasteiger partial charge in [-0.05, 0) is 59.0 Å². The van der Waals surface area contributed by atoms with Gasteiger partial charge in [-0.25, -0.2) is 4.79 Å². The molecule has 5 nitrogen and oxygen atoms in total. The first-order chi connectivity index (χ1) is 10.1. The summed E-state index contributed by atoms with van der Waals surface area (Å²) < 4.78 is 16.0. The highest BCUT2D eigenvalue weighted by Crippen LogP contribution is 2.28. The SMILES string of the molecule is COCCCCCOCC(=O)OC(C)(C)C1CCNCC1. The summed E-state index contributed by atoms with van der Waals surface area (Å²) in [6.45, 7) is 7.46. The van der Waals surface area contributed by atoms with E-state index < -0.39 is 5.60 Å². The van der Waals surface area contributed by atoms with Gasteiger partial charge >= 0.3 is 5.97 Å². The Morgan fingerprint density at radius 1 is 1.14 bits per heavy atom. The number of carbonyl (C=O) groups excluding carboxylic acids is 1. The maximum Gasteiger partial charge on any atom is 0.332 e. The van der Waals surface area contributed by atoms with Crippen molar-refractivity contribution in [1.82, 2.24) is 5.32 Å². The lowest BCUT2D eigenvalue weighted by Gasteiger charge is -2.36. The third kappa shape index (κ3) is 7.79. The maximum absolute atomic E-state index is 11.9. The molecule has 1 fully saturated rings. The fourth-order valence-corrected chi connectivity index (χ4v) is 2.71. The van der Waals surface area contributed by atoms with E-state index in [0.29, 0.717) is 12.5 Å². The predicted octanol–water partition coefficient (Wildman–Crippen LogP) is 2.14. The largest absolute Gasteiger partial charge is 0.458 e. The Kier molecular flexibility index (Phi) is 8.88. The van der Waals surface area contributed by atoms with Crippen molar-refractivity contribution in [3.63, 3.8) is 0 Å². The third-order valence-corrected chi connectivity index (χ3v) is 4.06. The molecule has 1 N–H and O–H groups in total.